The normalized spacial score (nSPS) is 23.1. The van der Waals surface area contributed by atoms with Crippen molar-refractivity contribution in [2.75, 3.05) is 6.61 Å². The smallest absolute Gasteiger partial charge is 0.223 e. The molecular formula is C10H18N2O3. The first-order chi connectivity index (χ1) is 6.94. The molecule has 1 heterocycles. The fourth-order valence-corrected chi connectivity index (χ4v) is 1.67. The van der Waals surface area contributed by atoms with Crippen LogP contribution in [0.1, 0.15) is 32.6 Å². The topological polar surface area (TPSA) is 98.7 Å². The Morgan fingerprint density at radius 2 is 2.07 bits per heavy atom. The van der Waals surface area contributed by atoms with Gasteiger partial charge in [-0.3, -0.25) is 9.59 Å². The summed E-state index contributed by atoms with van der Waals surface area (Å²) in [7, 11) is 0. The lowest BCUT2D eigenvalue weighted by atomic mass is 9.80. The van der Waals surface area contributed by atoms with Gasteiger partial charge in [0.2, 0.25) is 11.8 Å². The second-order valence-electron chi connectivity index (χ2n) is 4.40. The van der Waals surface area contributed by atoms with Crippen LogP contribution in [0.4, 0.5) is 0 Å². The van der Waals surface area contributed by atoms with Gasteiger partial charge >= 0.3 is 0 Å². The second-order valence-corrected chi connectivity index (χ2v) is 4.40. The summed E-state index contributed by atoms with van der Waals surface area (Å²) in [6.45, 7) is 2.52. The summed E-state index contributed by atoms with van der Waals surface area (Å²) in [5.41, 5.74) is 9.81. The minimum Gasteiger partial charge on any atom is -0.373 e. The number of hydrogen-bond donors (Lipinski definition) is 2. The van der Waals surface area contributed by atoms with Gasteiger partial charge in [0, 0.05) is 11.8 Å². The van der Waals surface area contributed by atoms with Crippen LogP contribution in [0.25, 0.3) is 0 Å². The van der Waals surface area contributed by atoms with Gasteiger partial charge in [-0.2, -0.15) is 0 Å². The highest BCUT2D eigenvalue weighted by Gasteiger charge is 2.38. The maximum absolute atomic E-state index is 11.3. The maximum atomic E-state index is 11.3. The van der Waals surface area contributed by atoms with E-state index >= 15 is 0 Å². The third kappa shape index (κ3) is 3.87. The van der Waals surface area contributed by atoms with Crippen molar-refractivity contribution in [3.63, 3.8) is 0 Å². The first kappa shape index (κ1) is 12.0. The quantitative estimate of drug-likeness (QED) is 0.580. The molecular weight excluding hydrogens is 196 g/mol. The van der Waals surface area contributed by atoms with Gasteiger partial charge in [-0.1, -0.05) is 6.92 Å². The van der Waals surface area contributed by atoms with Gasteiger partial charge in [-0.15, -0.1) is 0 Å². The van der Waals surface area contributed by atoms with Gasteiger partial charge in [-0.05, 0) is 19.3 Å². The molecule has 0 aliphatic carbocycles. The molecule has 2 atom stereocenters. The molecule has 2 amide bonds. The Kier molecular flexibility index (Phi) is 3.68. The first-order valence-electron chi connectivity index (χ1n) is 5.14. The third-order valence-electron chi connectivity index (χ3n) is 2.83. The Labute approximate surface area is 89.1 Å². The molecule has 1 saturated heterocycles. The van der Waals surface area contributed by atoms with Crippen molar-refractivity contribution in [3.8, 4) is 0 Å². The molecule has 15 heavy (non-hydrogen) atoms. The molecule has 1 fully saturated rings. The summed E-state index contributed by atoms with van der Waals surface area (Å²) in [6, 6.07) is 0. The van der Waals surface area contributed by atoms with Gasteiger partial charge in [0.15, 0.2) is 0 Å². The van der Waals surface area contributed by atoms with E-state index in [4.69, 9.17) is 16.2 Å². The van der Waals surface area contributed by atoms with Crippen molar-refractivity contribution < 1.29 is 14.3 Å². The molecule has 5 nitrogen and oxygen atoms in total. The summed E-state index contributed by atoms with van der Waals surface area (Å²) in [5.74, 6) is -0.674. The van der Waals surface area contributed by atoms with E-state index in [-0.39, 0.29) is 17.9 Å². The minimum absolute atomic E-state index is 0.163. The number of carbonyl (C=O) groups is 2. The molecule has 1 rings (SSSR count). The third-order valence-corrected chi connectivity index (χ3v) is 2.83. The van der Waals surface area contributed by atoms with Crippen molar-refractivity contribution >= 4 is 11.8 Å². The molecule has 5 heteroatoms. The molecule has 86 valence electrons. The zero-order valence-corrected chi connectivity index (χ0v) is 8.99. The second kappa shape index (κ2) is 4.61. The Morgan fingerprint density at radius 1 is 1.47 bits per heavy atom. The van der Waals surface area contributed by atoms with Crippen LogP contribution in [0.5, 0.6) is 0 Å². The summed E-state index contributed by atoms with van der Waals surface area (Å²) in [5, 5.41) is 0. The molecule has 0 aromatic heterocycles. The highest BCUT2D eigenvalue weighted by atomic mass is 16.6. The Morgan fingerprint density at radius 3 is 2.47 bits per heavy atom. The Balaban J connectivity index is 2.40. The number of carbonyl (C=O) groups excluding carboxylic acids is 2. The Hall–Kier alpha value is -1.10. The van der Waals surface area contributed by atoms with Crippen LogP contribution in [0, 0.1) is 5.41 Å². The average Bonchev–Trinajstić information content (AvgIpc) is 2.87. The van der Waals surface area contributed by atoms with Crippen LogP contribution >= 0.6 is 0 Å². The SMILES string of the molecule is CC(CCCC(N)=O)(CC1CO1)C(N)=O. The van der Waals surface area contributed by atoms with E-state index in [1.807, 2.05) is 6.92 Å². The van der Waals surface area contributed by atoms with Gasteiger partial charge in [0.25, 0.3) is 0 Å². The standard InChI is InChI=1S/C10H18N2O3/c1-10(9(12)14,5-7-6-15-7)4-2-3-8(11)13/h7H,2-6H2,1H3,(H2,11,13)(H2,12,14). The van der Waals surface area contributed by atoms with Gasteiger partial charge in [-0.25, -0.2) is 0 Å². The molecule has 4 N–H and O–H groups in total. The highest BCUT2D eigenvalue weighted by Crippen LogP contribution is 2.33. The van der Waals surface area contributed by atoms with Gasteiger partial charge < -0.3 is 16.2 Å². The molecule has 0 saturated carbocycles. The average molecular weight is 214 g/mol. The molecule has 1 aliphatic rings. The van der Waals surface area contributed by atoms with Crippen LogP contribution in [-0.4, -0.2) is 24.5 Å². The lowest BCUT2D eigenvalue weighted by Gasteiger charge is -2.24. The van der Waals surface area contributed by atoms with E-state index in [2.05, 4.69) is 0 Å². The summed E-state index contributed by atoms with van der Waals surface area (Å²) in [4.78, 5) is 21.9. The predicted molar refractivity (Wildman–Crippen MR) is 54.7 cm³/mol. The lowest BCUT2D eigenvalue weighted by molar-refractivity contribution is -0.128. The van der Waals surface area contributed by atoms with E-state index in [1.165, 1.54) is 0 Å². The van der Waals surface area contributed by atoms with Crippen LogP contribution in [0.15, 0.2) is 0 Å². The Bertz CT molecular complexity index is 263. The van der Waals surface area contributed by atoms with E-state index in [0.29, 0.717) is 32.3 Å². The van der Waals surface area contributed by atoms with Crippen LogP contribution in [0.2, 0.25) is 0 Å². The van der Waals surface area contributed by atoms with E-state index in [1.54, 1.807) is 0 Å². The fraction of sp³-hybridized carbons (Fsp3) is 0.800. The van der Waals surface area contributed by atoms with E-state index in [0.717, 1.165) is 0 Å². The number of nitrogens with two attached hydrogens (primary N) is 2. The van der Waals surface area contributed by atoms with Crippen molar-refractivity contribution in [3.05, 3.63) is 0 Å². The summed E-state index contributed by atoms with van der Waals surface area (Å²) in [6.07, 6.45) is 2.29. The van der Waals surface area contributed by atoms with E-state index in [9.17, 15) is 9.59 Å². The fourth-order valence-electron chi connectivity index (χ4n) is 1.67. The number of ether oxygens (including phenoxy) is 1. The zero-order chi connectivity index (χ0) is 11.5. The van der Waals surface area contributed by atoms with E-state index < -0.39 is 5.41 Å². The molecule has 0 bridgehead atoms. The monoisotopic (exact) mass is 214 g/mol. The largest absolute Gasteiger partial charge is 0.373 e. The molecule has 2 unspecified atom stereocenters. The first-order valence-corrected chi connectivity index (χ1v) is 5.14. The summed E-state index contributed by atoms with van der Waals surface area (Å²) >= 11 is 0. The van der Waals surface area contributed by atoms with Crippen molar-refractivity contribution in [2.24, 2.45) is 16.9 Å². The van der Waals surface area contributed by atoms with Crippen molar-refractivity contribution in [1.29, 1.82) is 0 Å². The van der Waals surface area contributed by atoms with Gasteiger partial charge in [0.1, 0.15) is 0 Å². The number of epoxide rings is 1. The zero-order valence-electron chi connectivity index (χ0n) is 8.99. The minimum atomic E-state index is -0.573. The number of rotatable bonds is 7. The molecule has 1 aliphatic heterocycles. The van der Waals surface area contributed by atoms with Crippen molar-refractivity contribution in [2.45, 2.75) is 38.7 Å². The molecule has 0 spiro atoms. The lowest BCUT2D eigenvalue weighted by Crippen LogP contribution is -2.36. The number of amides is 2. The molecule has 0 aromatic rings. The summed E-state index contributed by atoms with van der Waals surface area (Å²) < 4.78 is 5.08. The predicted octanol–water partition coefficient (Wildman–Crippen LogP) is -0.0775. The highest BCUT2D eigenvalue weighted by molar-refractivity contribution is 5.80. The maximum Gasteiger partial charge on any atom is 0.223 e. The van der Waals surface area contributed by atoms with Crippen molar-refractivity contribution in [1.82, 2.24) is 0 Å². The van der Waals surface area contributed by atoms with Crippen LogP contribution in [0.3, 0.4) is 0 Å². The van der Waals surface area contributed by atoms with Crippen LogP contribution in [-0.2, 0) is 14.3 Å². The molecule has 0 aromatic carbocycles. The molecule has 0 radical (unpaired) electrons. The number of primary amides is 2. The van der Waals surface area contributed by atoms with Gasteiger partial charge in [0.05, 0.1) is 12.7 Å². The van der Waals surface area contributed by atoms with Crippen LogP contribution < -0.4 is 11.5 Å². The number of hydrogen-bond acceptors (Lipinski definition) is 3.